The van der Waals surface area contributed by atoms with E-state index in [2.05, 4.69) is 4.18 Å². The molecule has 19 heavy (non-hydrogen) atoms. The van der Waals surface area contributed by atoms with Crippen LogP contribution in [0.4, 0.5) is 18.9 Å². The van der Waals surface area contributed by atoms with Crippen molar-refractivity contribution in [3.05, 3.63) is 23.3 Å². The fourth-order valence-electron chi connectivity index (χ4n) is 2.07. The normalized spacial score (nSPS) is 15.9. The maximum absolute atomic E-state index is 12.2. The molecule has 4 nitrogen and oxygen atoms in total. The summed E-state index contributed by atoms with van der Waals surface area (Å²) in [6, 6.07) is 2.73. The van der Waals surface area contributed by atoms with Crippen molar-refractivity contribution < 1.29 is 25.8 Å². The van der Waals surface area contributed by atoms with Gasteiger partial charge in [-0.1, -0.05) is 6.07 Å². The van der Waals surface area contributed by atoms with Crippen LogP contribution in [-0.4, -0.2) is 13.9 Å². The third-order valence-electron chi connectivity index (χ3n) is 3.02. The van der Waals surface area contributed by atoms with Crippen LogP contribution in [-0.2, 0) is 23.0 Å². The number of alkyl halides is 3. The number of nitrogen functional groups attached to an aromatic ring is 1. The molecule has 0 saturated carbocycles. The van der Waals surface area contributed by atoms with E-state index in [1.165, 1.54) is 6.07 Å². The third kappa shape index (κ3) is 2.63. The quantitative estimate of drug-likeness (QED) is 0.516. The zero-order valence-corrected chi connectivity index (χ0v) is 10.6. The minimum atomic E-state index is -5.68. The van der Waals surface area contributed by atoms with E-state index in [0.717, 1.165) is 24.8 Å². The highest BCUT2D eigenvalue weighted by molar-refractivity contribution is 7.88. The van der Waals surface area contributed by atoms with E-state index in [1.54, 1.807) is 6.07 Å². The second-order valence-electron chi connectivity index (χ2n) is 4.31. The van der Waals surface area contributed by atoms with Crippen molar-refractivity contribution in [3.8, 4) is 5.75 Å². The van der Waals surface area contributed by atoms with E-state index >= 15 is 0 Å². The maximum Gasteiger partial charge on any atom is 0.534 e. The van der Waals surface area contributed by atoms with Crippen LogP contribution in [0.2, 0.25) is 0 Å². The van der Waals surface area contributed by atoms with Crippen molar-refractivity contribution in [2.75, 3.05) is 5.73 Å². The topological polar surface area (TPSA) is 69.4 Å². The van der Waals surface area contributed by atoms with Gasteiger partial charge in [0.25, 0.3) is 0 Å². The predicted molar refractivity (Wildman–Crippen MR) is 63.1 cm³/mol. The number of halogens is 3. The number of aryl methyl sites for hydroxylation is 1. The first-order chi connectivity index (χ1) is 8.72. The molecule has 0 saturated heterocycles. The highest BCUT2D eigenvalue weighted by Gasteiger charge is 2.48. The Morgan fingerprint density at radius 1 is 1.16 bits per heavy atom. The molecule has 0 unspecified atom stereocenters. The van der Waals surface area contributed by atoms with Crippen molar-refractivity contribution in [2.45, 2.75) is 31.2 Å². The number of nitrogens with two attached hydrogens (primary N) is 1. The first-order valence-electron chi connectivity index (χ1n) is 5.63. The summed E-state index contributed by atoms with van der Waals surface area (Å²) in [5.41, 5.74) is 1.82. The average Bonchev–Trinajstić information content (AvgIpc) is 2.31. The number of rotatable bonds is 2. The number of benzene rings is 1. The summed E-state index contributed by atoms with van der Waals surface area (Å²) in [5, 5.41) is 0. The third-order valence-corrected chi connectivity index (χ3v) is 3.99. The molecule has 0 bridgehead atoms. The molecule has 2 rings (SSSR count). The van der Waals surface area contributed by atoms with Gasteiger partial charge in [0.05, 0.1) is 5.69 Å². The summed E-state index contributed by atoms with van der Waals surface area (Å²) in [6.07, 6.45) is 3.25. The van der Waals surface area contributed by atoms with Gasteiger partial charge in [0.1, 0.15) is 0 Å². The van der Waals surface area contributed by atoms with Gasteiger partial charge in [-0.2, -0.15) is 21.6 Å². The van der Waals surface area contributed by atoms with Gasteiger partial charge in [-0.3, -0.25) is 0 Å². The van der Waals surface area contributed by atoms with Gasteiger partial charge in [-0.15, -0.1) is 0 Å². The Morgan fingerprint density at radius 3 is 2.42 bits per heavy atom. The van der Waals surface area contributed by atoms with Crippen molar-refractivity contribution >= 4 is 15.8 Å². The van der Waals surface area contributed by atoms with Crippen LogP contribution in [0.15, 0.2) is 12.1 Å². The summed E-state index contributed by atoms with van der Waals surface area (Å²) in [4.78, 5) is 0. The number of hydrogen-bond donors (Lipinski definition) is 1. The monoisotopic (exact) mass is 295 g/mol. The van der Waals surface area contributed by atoms with E-state index < -0.39 is 21.4 Å². The largest absolute Gasteiger partial charge is 0.534 e. The SMILES string of the molecule is Nc1c(OS(=O)(=O)C(F)(F)F)ccc2c1CCCC2. The molecule has 0 aromatic heterocycles. The van der Waals surface area contributed by atoms with Crippen molar-refractivity contribution in [3.63, 3.8) is 0 Å². The molecule has 1 aliphatic rings. The van der Waals surface area contributed by atoms with Crippen LogP contribution in [0, 0.1) is 0 Å². The molecule has 0 aliphatic heterocycles. The van der Waals surface area contributed by atoms with Crippen molar-refractivity contribution in [2.24, 2.45) is 0 Å². The van der Waals surface area contributed by atoms with Gasteiger partial charge in [-0.25, -0.2) is 0 Å². The standard InChI is InChI=1S/C11H12F3NO3S/c12-11(13,14)19(16,17)18-9-6-5-7-3-1-2-4-8(7)10(9)15/h5-6H,1-4,15H2. The smallest absolute Gasteiger partial charge is 0.395 e. The van der Waals surface area contributed by atoms with Crippen LogP contribution >= 0.6 is 0 Å². The summed E-state index contributed by atoms with van der Waals surface area (Å²) in [7, 11) is -5.68. The Hall–Kier alpha value is -1.44. The van der Waals surface area contributed by atoms with E-state index in [1.807, 2.05) is 0 Å². The van der Waals surface area contributed by atoms with Gasteiger partial charge in [0, 0.05) is 0 Å². The second kappa shape index (κ2) is 4.59. The lowest BCUT2D eigenvalue weighted by molar-refractivity contribution is -0.0499. The Bertz CT molecular complexity index is 596. The molecule has 106 valence electrons. The molecule has 0 amide bonds. The number of hydrogen-bond acceptors (Lipinski definition) is 4. The minimum absolute atomic E-state index is 0.0231. The summed E-state index contributed by atoms with van der Waals surface area (Å²) < 4.78 is 62.7. The summed E-state index contributed by atoms with van der Waals surface area (Å²) in [6.45, 7) is 0. The fourth-order valence-corrected chi connectivity index (χ4v) is 2.55. The Balaban J connectivity index is 2.38. The van der Waals surface area contributed by atoms with Gasteiger partial charge < -0.3 is 9.92 Å². The zero-order chi connectivity index (χ0) is 14.3. The van der Waals surface area contributed by atoms with Crippen molar-refractivity contribution in [1.29, 1.82) is 0 Å². The van der Waals surface area contributed by atoms with E-state index in [-0.39, 0.29) is 5.69 Å². The lowest BCUT2D eigenvalue weighted by Crippen LogP contribution is -2.28. The van der Waals surface area contributed by atoms with Crippen molar-refractivity contribution in [1.82, 2.24) is 0 Å². The summed E-state index contributed by atoms with van der Waals surface area (Å²) in [5.74, 6) is -0.460. The molecule has 8 heteroatoms. The fraction of sp³-hybridized carbons (Fsp3) is 0.455. The predicted octanol–water partition coefficient (Wildman–Crippen LogP) is 2.38. The Labute approximate surface area is 108 Å². The number of fused-ring (bicyclic) bond motifs is 1. The van der Waals surface area contributed by atoms with E-state index in [9.17, 15) is 21.6 Å². The molecule has 0 heterocycles. The van der Waals surface area contributed by atoms with E-state index in [4.69, 9.17) is 5.73 Å². The lowest BCUT2D eigenvalue weighted by atomic mass is 9.90. The van der Waals surface area contributed by atoms with Crippen LogP contribution in [0.3, 0.4) is 0 Å². The number of anilines is 1. The maximum atomic E-state index is 12.2. The molecular weight excluding hydrogens is 283 g/mol. The van der Waals surface area contributed by atoms with Crippen LogP contribution in [0.5, 0.6) is 5.75 Å². The van der Waals surface area contributed by atoms with Gasteiger partial charge in [-0.05, 0) is 42.9 Å². The minimum Gasteiger partial charge on any atom is -0.395 e. The molecular formula is C11H12F3NO3S. The van der Waals surface area contributed by atoms with E-state index in [0.29, 0.717) is 12.0 Å². The second-order valence-corrected chi connectivity index (χ2v) is 5.84. The first kappa shape index (κ1) is 14.0. The molecule has 2 N–H and O–H groups in total. The molecule has 0 spiro atoms. The molecule has 0 fully saturated rings. The molecule has 0 atom stereocenters. The Morgan fingerprint density at radius 2 is 1.79 bits per heavy atom. The highest BCUT2D eigenvalue weighted by Crippen LogP contribution is 2.36. The highest BCUT2D eigenvalue weighted by atomic mass is 32.2. The molecule has 1 aliphatic carbocycles. The lowest BCUT2D eigenvalue weighted by Gasteiger charge is -2.20. The average molecular weight is 295 g/mol. The molecule has 0 radical (unpaired) electrons. The molecule has 1 aromatic carbocycles. The van der Waals surface area contributed by atoms with Crippen LogP contribution in [0.25, 0.3) is 0 Å². The van der Waals surface area contributed by atoms with Gasteiger partial charge in [0.2, 0.25) is 0 Å². The van der Waals surface area contributed by atoms with Crippen LogP contribution < -0.4 is 9.92 Å². The zero-order valence-electron chi connectivity index (χ0n) is 9.83. The molecule has 1 aromatic rings. The first-order valence-corrected chi connectivity index (χ1v) is 7.04. The van der Waals surface area contributed by atoms with Crippen LogP contribution in [0.1, 0.15) is 24.0 Å². The summed E-state index contributed by atoms with van der Waals surface area (Å²) >= 11 is 0. The van der Waals surface area contributed by atoms with Gasteiger partial charge >= 0.3 is 15.6 Å². The van der Waals surface area contributed by atoms with Gasteiger partial charge in [0.15, 0.2) is 5.75 Å². The Kier molecular flexibility index (Phi) is 3.38.